The summed E-state index contributed by atoms with van der Waals surface area (Å²) in [5, 5.41) is 13.8. The molecule has 0 radical (unpaired) electrons. The number of ether oxygens (including phenoxy) is 2. The Kier molecular flexibility index (Phi) is 4.65. The van der Waals surface area contributed by atoms with Crippen LogP contribution < -0.4 is 9.88 Å². The minimum absolute atomic E-state index is 0.000417. The van der Waals surface area contributed by atoms with Gasteiger partial charge in [0.1, 0.15) is 17.3 Å². The number of sulfonamides is 1. The number of hydrogen-bond acceptors (Lipinski definition) is 5. The average molecular weight is 275 g/mol. The van der Waals surface area contributed by atoms with Crippen LogP contribution in [0.4, 0.5) is 0 Å². The van der Waals surface area contributed by atoms with Gasteiger partial charge in [-0.15, -0.1) is 0 Å². The molecule has 0 atom stereocenters. The first-order valence-corrected chi connectivity index (χ1v) is 6.42. The summed E-state index contributed by atoms with van der Waals surface area (Å²) >= 11 is 0. The highest BCUT2D eigenvalue weighted by atomic mass is 32.2. The summed E-state index contributed by atoms with van der Waals surface area (Å²) < 4.78 is 32.6. The molecule has 0 fully saturated rings. The Morgan fingerprint density at radius 1 is 1.39 bits per heavy atom. The van der Waals surface area contributed by atoms with E-state index < -0.39 is 16.0 Å². The first-order valence-electron chi connectivity index (χ1n) is 4.88. The summed E-state index contributed by atoms with van der Waals surface area (Å²) in [7, 11) is -2.59. The van der Waals surface area contributed by atoms with Gasteiger partial charge < -0.3 is 14.6 Å². The van der Waals surface area contributed by atoms with E-state index >= 15 is 0 Å². The second kappa shape index (κ2) is 5.80. The molecule has 0 saturated heterocycles. The second-order valence-electron chi connectivity index (χ2n) is 3.35. The van der Waals surface area contributed by atoms with Crippen LogP contribution in [0.1, 0.15) is 10.4 Å². The van der Waals surface area contributed by atoms with E-state index in [0.717, 1.165) is 6.07 Å². The van der Waals surface area contributed by atoms with E-state index in [1.54, 1.807) is 0 Å². The van der Waals surface area contributed by atoms with Crippen molar-refractivity contribution in [2.24, 2.45) is 5.14 Å². The van der Waals surface area contributed by atoms with Crippen molar-refractivity contribution in [3.05, 3.63) is 23.8 Å². The lowest BCUT2D eigenvalue weighted by Crippen LogP contribution is -2.16. The van der Waals surface area contributed by atoms with Crippen molar-refractivity contribution in [3.8, 4) is 5.75 Å². The summed E-state index contributed by atoms with van der Waals surface area (Å²) in [6.07, 6.45) is 0. The molecule has 0 spiro atoms. The number of hydrogen-bond donors (Lipinski definition) is 2. The van der Waals surface area contributed by atoms with E-state index in [0.29, 0.717) is 0 Å². The third-order valence-corrected chi connectivity index (χ3v) is 2.97. The molecule has 0 unspecified atom stereocenters. The van der Waals surface area contributed by atoms with Crippen LogP contribution in [-0.4, -0.2) is 39.8 Å². The zero-order valence-corrected chi connectivity index (χ0v) is 10.4. The maximum atomic E-state index is 11.3. The van der Waals surface area contributed by atoms with E-state index in [2.05, 4.69) is 0 Å². The summed E-state index contributed by atoms with van der Waals surface area (Å²) in [6, 6.07) is 3.44. The van der Waals surface area contributed by atoms with E-state index in [4.69, 9.17) is 19.7 Å². The lowest BCUT2D eigenvalue weighted by atomic mass is 10.2. The molecule has 0 saturated carbocycles. The highest BCUT2D eigenvalue weighted by Gasteiger charge is 2.18. The molecule has 0 heterocycles. The number of carboxylic acids is 1. The Bertz CT molecular complexity index is 539. The van der Waals surface area contributed by atoms with Gasteiger partial charge in [0.15, 0.2) is 0 Å². The first kappa shape index (κ1) is 14.4. The van der Waals surface area contributed by atoms with Gasteiger partial charge in [-0.1, -0.05) is 0 Å². The maximum absolute atomic E-state index is 11.3. The van der Waals surface area contributed by atoms with Crippen molar-refractivity contribution in [3.63, 3.8) is 0 Å². The predicted octanol–water partition coefficient (Wildman–Crippen LogP) is 0.0574. The Balaban J connectivity index is 3.14. The van der Waals surface area contributed by atoms with Crippen molar-refractivity contribution in [2.75, 3.05) is 20.3 Å². The summed E-state index contributed by atoms with van der Waals surface area (Å²) in [5.41, 5.74) is -0.182. The Hall–Kier alpha value is -1.64. The van der Waals surface area contributed by atoms with Crippen LogP contribution in [0.3, 0.4) is 0 Å². The van der Waals surface area contributed by atoms with Crippen LogP contribution in [0.5, 0.6) is 5.75 Å². The largest absolute Gasteiger partial charge is 0.490 e. The molecule has 0 bridgehead atoms. The fraction of sp³-hybridized carbons (Fsp3) is 0.300. The molecule has 0 aliphatic carbocycles. The maximum Gasteiger partial charge on any atom is 0.335 e. The number of rotatable bonds is 6. The predicted molar refractivity (Wildman–Crippen MR) is 62.1 cm³/mol. The van der Waals surface area contributed by atoms with Gasteiger partial charge in [0.05, 0.1) is 12.2 Å². The zero-order valence-electron chi connectivity index (χ0n) is 9.62. The molecule has 0 aliphatic rings. The monoisotopic (exact) mass is 275 g/mol. The summed E-state index contributed by atoms with van der Waals surface area (Å²) in [5.74, 6) is -1.25. The molecule has 0 aliphatic heterocycles. The molecular weight excluding hydrogens is 262 g/mol. The second-order valence-corrected chi connectivity index (χ2v) is 4.88. The fourth-order valence-electron chi connectivity index (χ4n) is 1.22. The van der Waals surface area contributed by atoms with Crippen LogP contribution in [0.2, 0.25) is 0 Å². The van der Waals surface area contributed by atoms with E-state index in [1.165, 1.54) is 19.2 Å². The normalized spacial score (nSPS) is 11.2. The quantitative estimate of drug-likeness (QED) is 0.709. The number of benzene rings is 1. The van der Waals surface area contributed by atoms with E-state index in [-0.39, 0.29) is 29.4 Å². The van der Waals surface area contributed by atoms with Gasteiger partial charge in [-0.05, 0) is 18.2 Å². The number of carbonyl (C=O) groups is 1. The first-order chi connectivity index (χ1) is 8.36. The molecular formula is C10H13NO6S. The highest BCUT2D eigenvalue weighted by molar-refractivity contribution is 7.89. The van der Waals surface area contributed by atoms with Gasteiger partial charge >= 0.3 is 5.97 Å². The van der Waals surface area contributed by atoms with Gasteiger partial charge in [-0.25, -0.2) is 18.4 Å². The minimum atomic E-state index is -4.06. The zero-order chi connectivity index (χ0) is 13.8. The van der Waals surface area contributed by atoms with Gasteiger partial charge in [0.25, 0.3) is 0 Å². The molecule has 1 aromatic rings. The smallest absolute Gasteiger partial charge is 0.335 e. The third kappa shape index (κ3) is 3.69. The topological polar surface area (TPSA) is 116 Å². The van der Waals surface area contributed by atoms with Crippen molar-refractivity contribution in [2.45, 2.75) is 4.90 Å². The van der Waals surface area contributed by atoms with E-state index in [1.807, 2.05) is 0 Å². The average Bonchev–Trinajstić information content (AvgIpc) is 2.28. The number of aromatic carboxylic acids is 1. The third-order valence-electron chi connectivity index (χ3n) is 2.04. The number of carboxylic acid groups (broad SMARTS) is 1. The molecule has 7 nitrogen and oxygen atoms in total. The lowest BCUT2D eigenvalue weighted by Gasteiger charge is -2.10. The SMILES string of the molecule is COCCOc1ccc(C(=O)O)cc1S(N)(=O)=O. The molecule has 18 heavy (non-hydrogen) atoms. The Labute approximate surface area is 104 Å². The number of nitrogens with two attached hydrogens (primary N) is 1. The van der Waals surface area contributed by atoms with Crippen LogP contribution in [-0.2, 0) is 14.8 Å². The summed E-state index contributed by atoms with van der Waals surface area (Å²) in [6.45, 7) is 0.399. The van der Waals surface area contributed by atoms with Crippen LogP contribution in [0.15, 0.2) is 23.1 Å². The van der Waals surface area contributed by atoms with E-state index in [9.17, 15) is 13.2 Å². The van der Waals surface area contributed by atoms with Crippen LogP contribution in [0, 0.1) is 0 Å². The van der Waals surface area contributed by atoms with Crippen molar-refractivity contribution < 1.29 is 27.8 Å². The molecule has 1 aromatic carbocycles. The van der Waals surface area contributed by atoms with Gasteiger partial charge in [0.2, 0.25) is 10.0 Å². The summed E-state index contributed by atoms with van der Waals surface area (Å²) in [4.78, 5) is 10.4. The molecule has 1 rings (SSSR count). The molecule has 8 heteroatoms. The fourth-order valence-corrected chi connectivity index (χ4v) is 1.92. The van der Waals surface area contributed by atoms with Gasteiger partial charge in [0, 0.05) is 7.11 Å². The Morgan fingerprint density at radius 2 is 2.06 bits per heavy atom. The van der Waals surface area contributed by atoms with Crippen molar-refractivity contribution in [1.29, 1.82) is 0 Å². The highest BCUT2D eigenvalue weighted by Crippen LogP contribution is 2.24. The van der Waals surface area contributed by atoms with Gasteiger partial charge in [-0.3, -0.25) is 0 Å². The lowest BCUT2D eigenvalue weighted by molar-refractivity contribution is 0.0696. The molecule has 0 aromatic heterocycles. The van der Waals surface area contributed by atoms with Crippen LogP contribution >= 0.6 is 0 Å². The molecule has 3 N–H and O–H groups in total. The van der Waals surface area contributed by atoms with Gasteiger partial charge in [-0.2, -0.15) is 0 Å². The number of primary sulfonamides is 1. The minimum Gasteiger partial charge on any atom is -0.490 e. The Morgan fingerprint density at radius 3 is 2.56 bits per heavy atom. The molecule has 100 valence electrons. The van der Waals surface area contributed by atoms with Crippen LogP contribution in [0.25, 0.3) is 0 Å². The van der Waals surface area contributed by atoms with Crippen molar-refractivity contribution >= 4 is 16.0 Å². The number of methoxy groups -OCH3 is 1. The molecule has 0 amide bonds. The van der Waals surface area contributed by atoms with Crippen molar-refractivity contribution in [1.82, 2.24) is 0 Å². The standard InChI is InChI=1S/C10H13NO6S/c1-16-4-5-17-8-3-2-7(10(12)13)6-9(8)18(11,14)15/h2-3,6H,4-5H2,1H3,(H,12,13)(H2,11,14,15).